The molecule has 9 heteroatoms. The van der Waals surface area contributed by atoms with E-state index < -0.39 is 17.0 Å². The Hall–Kier alpha value is -2.51. The van der Waals surface area contributed by atoms with Gasteiger partial charge in [0.05, 0.1) is 16.5 Å². The van der Waals surface area contributed by atoms with Gasteiger partial charge in [-0.1, -0.05) is 59.1 Å². The van der Waals surface area contributed by atoms with Crippen LogP contribution in [-0.4, -0.2) is 16.0 Å². The van der Waals surface area contributed by atoms with Crippen LogP contribution in [0.3, 0.4) is 0 Å². The molecule has 0 bridgehead atoms. The Bertz CT molecular complexity index is 1220. The minimum absolute atomic E-state index is 0.00804. The molecule has 0 saturated carbocycles. The van der Waals surface area contributed by atoms with E-state index in [1.165, 1.54) is 12.1 Å². The first-order valence-corrected chi connectivity index (χ1v) is 11.6. The van der Waals surface area contributed by atoms with E-state index >= 15 is 0 Å². The zero-order chi connectivity index (χ0) is 23.5. The van der Waals surface area contributed by atoms with Crippen molar-refractivity contribution >= 4 is 63.8 Å². The summed E-state index contributed by atoms with van der Waals surface area (Å²) in [5.41, 5.74) is 1.49. The van der Waals surface area contributed by atoms with Crippen molar-refractivity contribution in [3.63, 3.8) is 0 Å². The molecular weight excluding hydrogens is 508 g/mol. The Morgan fingerprint density at radius 1 is 0.879 bits per heavy atom. The summed E-state index contributed by atoms with van der Waals surface area (Å²) in [6.07, 6.45) is 1.62. The van der Waals surface area contributed by atoms with Crippen LogP contribution in [0.1, 0.15) is 16.7 Å². The predicted molar refractivity (Wildman–Crippen MR) is 130 cm³/mol. The number of hydrogen-bond acceptors (Lipinski definition) is 4. The SMILES string of the molecule is O=C1S/C(=C\c2ccc(OCc3c(F)cccc3Cl)cc2)C(=O)N1Cc1c(Cl)cccc1Cl. The van der Waals surface area contributed by atoms with E-state index in [2.05, 4.69) is 0 Å². The van der Waals surface area contributed by atoms with Gasteiger partial charge >= 0.3 is 0 Å². The minimum atomic E-state index is -0.437. The zero-order valence-electron chi connectivity index (χ0n) is 16.9. The maximum atomic E-state index is 13.9. The fourth-order valence-corrected chi connectivity index (χ4v) is 4.69. The topological polar surface area (TPSA) is 46.6 Å². The van der Waals surface area contributed by atoms with Gasteiger partial charge in [-0.15, -0.1) is 0 Å². The molecule has 33 heavy (non-hydrogen) atoms. The number of amides is 2. The van der Waals surface area contributed by atoms with Crippen LogP contribution in [0.4, 0.5) is 9.18 Å². The van der Waals surface area contributed by atoms with Crippen LogP contribution in [0.5, 0.6) is 5.75 Å². The van der Waals surface area contributed by atoms with Gasteiger partial charge in [-0.3, -0.25) is 14.5 Å². The van der Waals surface area contributed by atoms with Crippen molar-refractivity contribution in [2.24, 2.45) is 0 Å². The Kier molecular flexibility index (Phi) is 7.29. The summed E-state index contributed by atoms with van der Waals surface area (Å²) < 4.78 is 19.5. The van der Waals surface area contributed by atoms with Gasteiger partial charge in [0.15, 0.2) is 0 Å². The molecule has 0 aromatic heterocycles. The summed E-state index contributed by atoms with van der Waals surface area (Å²) in [6.45, 7) is -0.0275. The number of benzene rings is 3. The number of nitrogens with zero attached hydrogens (tertiary/aromatic N) is 1. The molecule has 0 unspecified atom stereocenters. The highest BCUT2D eigenvalue weighted by Gasteiger charge is 2.35. The minimum Gasteiger partial charge on any atom is -0.489 e. The lowest BCUT2D eigenvalue weighted by molar-refractivity contribution is -0.123. The van der Waals surface area contributed by atoms with Crippen molar-refractivity contribution in [1.82, 2.24) is 4.90 Å². The quantitative estimate of drug-likeness (QED) is 0.313. The van der Waals surface area contributed by atoms with E-state index in [0.29, 0.717) is 31.9 Å². The van der Waals surface area contributed by atoms with Crippen molar-refractivity contribution in [3.8, 4) is 5.75 Å². The highest BCUT2D eigenvalue weighted by molar-refractivity contribution is 8.18. The molecule has 1 fully saturated rings. The molecule has 4 rings (SSSR count). The smallest absolute Gasteiger partial charge is 0.293 e. The van der Waals surface area contributed by atoms with E-state index in [-0.39, 0.29) is 23.6 Å². The van der Waals surface area contributed by atoms with Gasteiger partial charge in [-0.05, 0) is 59.8 Å². The molecule has 1 saturated heterocycles. The number of hydrogen-bond donors (Lipinski definition) is 0. The molecule has 0 aliphatic carbocycles. The zero-order valence-corrected chi connectivity index (χ0v) is 19.9. The number of thioether (sulfide) groups is 1. The number of ether oxygens (including phenoxy) is 1. The number of carbonyl (C=O) groups is 2. The van der Waals surface area contributed by atoms with Gasteiger partial charge in [-0.25, -0.2) is 4.39 Å². The third-order valence-electron chi connectivity index (χ3n) is 4.87. The van der Waals surface area contributed by atoms with Gasteiger partial charge in [-0.2, -0.15) is 0 Å². The Labute approximate surface area is 208 Å². The van der Waals surface area contributed by atoms with Gasteiger partial charge in [0.2, 0.25) is 0 Å². The van der Waals surface area contributed by atoms with Crippen molar-refractivity contribution in [1.29, 1.82) is 0 Å². The van der Waals surface area contributed by atoms with Gasteiger partial charge in [0, 0.05) is 21.2 Å². The maximum absolute atomic E-state index is 13.9. The highest BCUT2D eigenvalue weighted by Crippen LogP contribution is 2.35. The molecule has 2 amide bonds. The predicted octanol–water partition coefficient (Wildman–Crippen LogP) is 7.60. The molecule has 1 aliphatic rings. The monoisotopic (exact) mass is 521 g/mol. The van der Waals surface area contributed by atoms with Crippen LogP contribution in [0.15, 0.2) is 65.6 Å². The van der Waals surface area contributed by atoms with E-state index in [0.717, 1.165) is 16.7 Å². The van der Waals surface area contributed by atoms with E-state index in [1.54, 1.807) is 54.6 Å². The number of imide groups is 1. The first kappa shape index (κ1) is 23.6. The van der Waals surface area contributed by atoms with Crippen LogP contribution < -0.4 is 4.74 Å². The van der Waals surface area contributed by atoms with Crippen molar-refractivity contribution in [2.45, 2.75) is 13.2 Å². The molecule has 1 aliphatic heterocycles. The second-order valence-electron chi connectivity index (χ2n) is 7.03. The summed E-state index contributed by atoms with van der Waals surface area (Å²) in [7, 11) is 0. The summed E-state index contributed by atoms with van der Waals surface area (Å²) in [4.78, 5) is 26.6. The van der Waals surface area contributed by atoms with E-state index in [9.17, 15) is 14.0 Å². The Balaban J connectivity index is 1.44. The molecule has 168 valence electrons. The first-order chi connectivity index (χ1) is 15.8. The van der Waals surface area contributed by atoms with Crippen LogP contribution >= 0.6 is 46.6 Å². The molecule has 0 spiro atoms. The van der Waals surface area contributed by atoms with Crippen molar-refractivity contribution < 1.29 is 18.7 Å². The largest absolute Gasteiger partial charge is 0.489 e. The maximum Gasteiger partial charge on any atom is 0.293 e. The van der Waals surface area contributed by atoms with Crippen LogP contribution in [-0.2, 0) is 17.9 Å². The van der Waals surface area contributed by atoms with Gasteiger partial charge in [0.25, 0.3) is 11.1 Å². The number of rotatable bonds is 6. The standard InChI is InChI=1S/C24H15Cl3FNO3S/c25-18-3-1-4-19(26)16(18)12-29-23(30)22(33-24(29)31)11-14-7-9-15(10-8-14)32-13-17-20(27)5-2-6-21(17)28/h1-11H,12-13H2/b22-11-. The highest BCUT2D eigenvalue weighted by atomic mass is 35.5. The lowest BCUT2D eigenvalue weighted by Gasteiger charge is -2.14. The second-order valence-corrected chi connectivity index (χ2v) is 9.24. The summed E-state index contributed by atoms with van der Waals surface area (Å²) in [5, 5.41) is 0.667. The molecule has 0 radical (unpaired) electrons. The molecule has 4 nitrogen and oxygen atoms in total. The fraction of sp³-hybridized carbons (Fsp3) is 0.0833. The molecule has 0 N–H and O–H groups in total. The van der Waals surface area contributed by atoms with Crippen LogP contribution in [0.2, 0.25) is 15.1 Å². The lowest BCUT2D eigenvalue weighted by Crippen LogP contribution is -2.27. The summed E-state index contributed by atoms with van der Waals surface area (Å²) >= 11 is 19.2. The van der Waals surface area contributed by atoms with Gasteiger partial charge < -0.3 is 4.74 Å². The summed E-state index contributed by atoms with van der Waals surface area (Å²) in [5.74, 6) is -0.351. The fourth-order valence-electron chi connectivity index (χ4n) is 3.12. The Morgan fingerprint density at radius 3 is 2.12 bits per heavy atom. The van der Waals surface area contributed by atoms with Crippen molar-refractivity contribution in [2.75, 3.05) is 0 Å². The molecule has 0 atom stereocenters. The lowest BCUT2D eigenvalue weighted by atomic mass is 10.2. The number of carbonyl (C=O) groups excluding carboxylic acids is 2. The van der Waals surface area contributed by atoms with Crippen LogP contribution in [0, 0.1) is 5.82 Å². The summed E-state index contributed by atoms with van der Waals surface area (Å²) in [6, 6.07) is 16.3. The first-order valence-electron chi connectivity index (χ1n) is 9.67. The molecule has 3 aromatic carbocycles. The van der Waals surface area contributed by atoms with Crippen molar-refractivity contribution in [3.05, 3.63) is 103 Å². The average molecular weight is 523 g/mol. The third kappa shape index (κ3) is 5.36. The molecule has 3 aromatic rings. The van der Waals surface area contributed by atoms with E-state index in [4.69, 9.17) is 39.5 Å². The van der Waals surface area contributed by atoms with E-state index in [1.807, 2.05) is 0 Å². The third-order valence-corrected chi connectivity index (χ3v) is 6.84. The molecular formula is C24H15Cl3FNO3S. The number of halogens is 4. The average Bonchev–Trinajstić information content (AvgIpc) is 3.04. The molecule has 1 heterocycles. The normalized spacial score (nSPS) is 14.9. The second kappa shape index (κ2) is 10.2. The van der Waals surface area contributed by atoms with Gasteiger partial charge in [0.1, 0.15) is 18.2 Å². The van der Waals surface area contributed by atoms with Crippen LogP contribution in [0.25, 0.3) is 6.08 Å². The Morgan fingerprint density at radius 2 is 1.48 bits per heavy atom.